The van der Waals surface area contributed by atoms with Crippen molar-refractivity contribution in [3.05, 3.63) is 23.9 Å². The van der Waals surface area contributed by atoms with E-state index in [1.807, 2.05) is 19.1 Å². The molecule has 1 aromatic heterocycles. The molecule has 0 saturated heterocycles. The molecule has 0 saturated carbocycles. The van der Waals surface area contributed by atoms with Gasteiger partial charge in [0, 0.05) is 18.8 Å². The van der Waals surface area contributed by atoms with Crippen LogP contribution in [0.3, 0.4) is 0 Å². The first-order chi connectivity index (χ1) is 7.09. The minimum Gasteiger partial charge on any atom is -0.368 e. The highest BCUT2D eigenvalue weighted by atomic mass is 15.0. The van der Waals surface area contributed by atoms with Crippen LogP contribution < -0.4 is 11.1 Å². The monoisotopic (exact) mass is 207 g/mol. The second kappa shape index (κ2) is 5.71. The minimum atomic E-state index is 0.200. The van der Waals surface area contributed by atoms with Gasteiger partial charge in [-0.1, -0.05) is 19.9 Å². The Kier molecular flexibility index (Phi) is 4.56. The summed E-state index contributed by atoms with van der Waals surface area (Å²) >= 11 is 0. The van der Waals surface area contributed by atoms with Gasteiger partial charge in [-0.05, 0) is 30.9 Å². The summed E-state index contributed by atoms with van der Waals surface area (Å²) in [5.41, 5.74) is 7.14. The SMILES string of the molecule is Cc1cccnc1NCC(N)CC(C)C. The van der Waals surface area contributed by atoms with Gasteiger partial charge >= 0.3 is 0 Å². The standard InChI is InChI=1S/C12H21N3/c1-9(2)7-11(13)8-15-12-10(3)5-4-6-14-12/h4-6,9,11H,7-8,13H2,1-3H3,(H,14,15). The highest BCUT2D eigenvalue weighted by Crippen LogP contribution is 2.10. The number of hydrogen-bond acceptors (Lipinski definition) is 3. The van der Waals surface area contributed by atoms with Crippen LogP contribution in [0.2, 0.25) is 0 Å². The van der Waals surface area contributed by atoms with Crippen LogP contribution in [-0.2, 0) is 0 Å². The van der Waals surface area contributed by atoms with Gasteiger partial charge in [-0.3, -0.25) is 0 Å². The predicted octanol–water partition coefficient (Wildman–Crippen LogP) is 2.18. The van der Waals surface area contributed by atoms with Gasteiger partial charge in [0.05, 0.1) is 0 Å². The van der Waals surface area contributed by atoms with Gasteiger partial charge in [-0.15, -0.1) is 0 Å². The summed E-state index contributed by atoms with van der Waals surface area (Å²) < 4.78 is 0. The fourth-order valence-electron chi connectivity index (χ4n) is 1.59. The van der Waals surface area contributed by atoms with Crippen molar-refractivity contribution in [1.82, 2.24) is 4.98 Å². The van der Waals surface area contributed by atoms with E-state index < -0.39 is 0 Å². The third-order valence-corrected chi connectivity index (χ3v) is 2.32. The lowest BCUT2D eigenvalue weighted by molar-refractivity contribution is 0.508. The van der Waals surface area contributed by atoms with E-state index in [1.165, 1.54) is 0 Å². The lowest BCUT2D eigenvalue weighted by atomic mass is 10.0. The van der Waals surface area contributed by atoms with Crippen molar-refractivity contribution in [2.24, 2.45) is 11.7 Å². The van der Waals surface area contributed by atoms with Crippen molar-refractivity contribution in [2.75, 3.05) is 11.9 Å². The molecular weight excluding hydrogens is 186 g/mol. The Bertz CT molecular complexity index is 297. The van der Waals surface area contributed by atoms with E-state index in [4.69, 9.17) is 5.73 Å². The Hall–Kier alpha value is -1.09. The number of pyridine rings is 1. The quantitative estimate of drug-likeness (QED) is 0.778. The first-order valence-electron chi connectivity index (χ1n) is 5.50. The number of rotatable bonds is 5. The van der Waals surface area contributed by atoms with Gasteiger partial charge in [0.1, 0.15) is 5.82 Å². The third kappa shape index (κ3) is 4.30. The average Bonchev–Trinajstić information content (AvgIpc) is 2.15. The van der Waals surface area contributed by atoms with Gasteiger partial charge in [-0.2, -0.15) is 0 Å². The van der Waals surface area contributed by atoms with Gasteiger partial charge in [0.2, 0.25) is 0 Å². The maximum atomic E-state index is 5.98. The normalized spacial score (nSPS) is 12.9. The van der Waals surface area contributed by atoms with Crippen molar-refractivity contribution in [3.8, 4) is 0 Å². The van der Waals surface area contributed by atoms with E-state index in [9.17, 15) is 0 Å². The van der Waals surface area contributed by atoms with Gasteiger partial charge in [0.25, 0.3) is 0 Å². The van der Waals surface area contributed by atoms with E-state index in [0.717, 1.165) is 24.3 Å². The molecule has 1 heterocycles. The van der Waals surface area contributed by atoms with Crippen LogP contribution >= 0.6 is 0 Å². The summed E-state index contributed by atoms with van der Waals surface area (Å²) in [6.45, 7) is 7.21. The molecule has 0 fully saturated rings. The molecule has 1 rings (SSSR count). The first kappa shape index (κ1) is 12.0. The van der Waals surface area contributed by atoms with Gasteiger partial charge < -0.3 is 11.1 Å². The first-order valence-corrected chi connectivity index (χ1v) is 5.50. The molecule has 1 unspecified atom stereocenters. The molecule has 0 amide bonds. The molecule has 0 spiro atoms. The van der Waals surface area contributed by atoms with Crippen molar-refractivity contribution in [1.29, 1.82) is 0 Å². The van der Waals surface area contributed by atoms with Crippen molar-refractivity contribution >= 4 is 5.82 Å². The van der Waals surface area contributed by atoms with Crippen LogP contribution in [0, 0.1) is 12.8 Å². The lowest BCUT2D eigenvalue weighted by Crippen LogP contribution is -2.30. The zero-order valence-corrected chi connectivity index (χ0v) is 9.83. The number of nitrogens with two attached hydrogens (primary N) is 1. The molecule has 3 nitrogen and oxygen atoms in total. The molecule has 3 N–H and O–H groups in total. The van der Waals surface area contributed by atoms with Gasteiger partial charge in [-0.25, -0.2) is 4.98 Å². The molecule has 1 aromatic rings. The molecule has 3 heteroatoms. The van der Waals surface area contributed by atoms with Crippen molar-refractivity contribution in [2.45, 2.75) is 33.2 Å². The summed E-state index contributed by atoms with van der Waals surface area (Å²) in [5, 5.41) is 3.28. The molecular formula is C12H21N3. The van der Waals surface area contributed by atoms with E-state index in [-0.39, 0.29) is 6.04 Å². The fourth-order valence-corrected chi connectivity index (χ4v) is 1.59. The van der Waals surface area contributed by atoms with Crippen LogP contribution in [-0.4, -0.2) is 17.6 Å². The average molecular weight is 207 g/mol. The van der Waals surface area contributed by atoms with Gasteiger partial charge in [0.15, 0.2) is 0 Å². The number of aryl methyl sites for hydroxylation is 1. The van der Waals surface area contributed by atoms with Crippen LogP contribution in [0.4, 0.5) is 5.82 Å². The molecule has 0 aliphatic rings. The second-order valence-electron chi connectivity index (χ2n) is 4.44. The summed E-state index contributed by atoms with van der Waals surface area (Å²) in [6.07, 6.45) is 2.84. The summed E-state index contributed by atoms with van der Waals surface area (Å²) in [5.74, 6) is 1.59. The minimum absolute atomic E-state index is 0.200. The number of aromatic nitrogens is 1. The number of hydrogen-bond donors (Lipinski definition) is 2. The molecule has 15 heavy (non-hydrogen) atoms. The molecule has 84 valence electrons. The second-order valence-corrected chi connectivity index (χ2v) is 4.44. The molecule has 0 bridgehead atoms. The zero-order valence-electron chi connectivity index (χ0n) is 9.83. The maximum absolute atomic E-state index is 5.98. The van der Waals surface area contributed by atoms with Crippen LogP contribution in [0.5, 0.6) is 0 Å². The Morgan fingerprint density at radius 2 is 2.20 bits per heavy atom. The number of anilines is 1. The summed E-state index contributed by atoms with van der Waals surface area (Å²) in [4.78, 5) is 4.26. The Balaban J connectivity index is 2.40. The number of nitrogens with one attached hydrogen (secondary N) is 1. The smallest absolute Gasteiger partial charge is 0.128 e. The van der Waals surface area contributed by atoms with Crippen LogP contribution in [0.15, 0.2) is 18.3 Å². The van der Waals surface area contributed by atoms with E-state index in [0.29, 0.717) is 5.92 Å². The summed E-state index contributed by atoms with van der Waals surface area (Å²) in [6, 6.07) is 4.18. The predicted molar refractivity (Wildman–Crippen MR) is 64.9 cm³/mol. The van der Waals surface area contributed by atoms with Crippen LogP contribution in [0.1, 0.15) is 25.8 Å². The highest BCUT2D eigenvalue weighted by Gasteiger charge is 2.06. The largest absolute Gasteiger partial charge is 0.368 e. The maximum Gasteiger partial charge on any atom is 0.128 e. The van der Waals surface area contributed by atoms with Crippen molar-refractivity contribution < 1.29 is 0 Å². The topological polar surface area (TPSA) is 50.9 Å². The molecule has 0 aliphatic heterocycles. The lowest BCUT2D eigenvalue weighted by Gasteiger charge is -2.15. The Morgan fingerprint density at radius 3 is 2.80 bits per heavy atom. The highest BCUT2D eigenvalue weighted by molar-refractivity contribution is 5.42. The van der Waals surface area contributed by atoms with E-state index in [2.05, 4.69) is 24.1 Å². The number of nitrogens with zero attached hydrogens (tertiary/aromatic N) is 1. The fraction of sp³-hybridized carbons (Fsp3) is 0.583. The molecule has 1 atom stereocenters. The van der Waals surface area contributed by atoms with Crippen molar-refractivity contribution in [3.63, 3.8) is 0 Å². The Morgan fingerprint density at radius 1 is 1.47 bits per heavy atom. The Labute approximate surface area is 92.1 Å². The zero-order chi connectivity index (χ0) is 11.3. The summed E-state index contributed by atoms with van der Waals surface area (Å²) in [7, 11) is 0. The third-order valence-electron chi connectivity index (χ3n) is 2.32. The molecule has 0 radical (unpaired) electrons. The molecule has 0 aromatic carbocycles. The molecule has 0 aliphatic carbocycles. The van der Waals surface area contributed by atoms with E-state index >= 15 is 0 Å². The van der Waals surface area contributed by atoms with E-state index in [1.54, 1.807) is 6.20 Å². The van der Waals surface area contributed by atoms with Crippen LogP contribution in [0.25, 0.3) is 0 Å².